The maximum absolute atomic E-state index is 15.6. The Morgan fingerprint density at radius 1 is 0.500 bits per heavy atom. The van der Waals surface area contributed by atoms with Crippen molar-refractivity contribution in [2.24, 2.45) is 0 Å². The van der Waals surface area contributed by atoms with Crippen molar-refractivity contribution in [3.63, 3.8) is 0 Å². The van der Waals surface area contributed by atoms with E-state index in [0.29, 0.717) is 0 Å². The van der Waals surface area contributed by atoms with Crippen LogP contribution in [0.15, 0.2) is 138 Å². The highest BCUT2D eigenvalue weighted by atomic mass is 32.2. The molecule has 0 fully saturated rings. The summed E-state index contributed by atoms with van der Waals surface area (Å²) in [5.41, 5.74) is 2.21. The van der Waals surface area contributed by atoms with Gasteiger partial charge in [-0.2, -0.15) is 0 Å². The van der Waals surface area contributed by atoms with Crippen LogP contribution in [0.3, 0.4) is 0 Å². The van der Waals surface area contributed by atoms with Crippen molar-refractivity contribution in [2.75, 3.05) is 6.26 Å². The minimum Gasteiger partial charge on any atom is -0.309 e. The van der Waals surface area contributed by atoms with Crippen molar-refractivity contribution in [1.82, 2.24) is 0 Å². The number of hydrogen-bond acceptors (Lipinski definition) is 2. The molecule has 174 valence electrons. The second-order valence-corrected chi connectivity index (χ2v) is 12.4. The minimum atomic E-state index is -3.20. The molecule has 0 aromatic heterocycles. The van der Waals surface area contributed by atoms with Gasteiger partial charge in [0.05, 0.1) is 0 Å². The van der Waals surface area contributed by atoms with E-state index in [2.05, 4.69) is 79.1 Å². The highest BCUT2D eigenvalue weighted by Gasteiger charge is 2.33. The normalized spacial score (nSPS) is 11.7. The Kier molecular flexibility index (Phi) is 6.01. The van der Waals surface area contributed by atoms with Gasteiger partial charge in [0.2, 0.25) is 0 Å². The van der Waals surface area contributed by atoms with Crippen LogP contribution in [0, 0.1) is 0 Å². The molecule has 0 unspecified atom stereocenters. The van der Waals surface area contributed by atoms with Crippen molar-refractivity contribution in [2.45, 2.75) is 4.90 Å². The molecule has 0 amide bonds. The predicted molar refractivity (Wildman–Crippen MR) is 158 cm³/mol. The SMILES string of the molecule is CSc1ccc2ccccc2c1-c1c(P(=O)(c2ccccc2)c2ccccc2)ccc2ccccc12. The third kappa shape index (κ3) is 3.69. The van der Waals surface area contributed by atoms with E-state index in [-0.39, 0.29) is 0 Å². The summed E-state index contributed by atoms with van der Waals surface area (Å²) in [5.74, 6) is 0. The molecule has 36 heavy (non-hydrogen) atoms. The van der Waals surface area contributed by atoms with Crippen LogP contribution in [0.1, 0.15) is 0 Å². The quantitative estimate of drug-likeness (QED) is 0.176. The standard InChI is InChI=1S/C33H25OPS/c1-36-31-23-21-25-13-9-11-19-29(25)33(31)32-28-18-10-8-12-24(28)20-22-30(32)35(34,26-14-4-2-5-15-26)27-16-6-3-7-17-27/h2-23H,1H3. The maximum atomic E-state index is 15.6. The van der Waals surface area contributed by atoms with Gasteiger partial charge in [-0.25, -0.2) is 0 Å². The van der Waals surface area contributed by atoms with E-state index in [4.69, 9.17) is 0 Å². The van der Waals surface area contributed by atoms with Crippen LogP contribution in [0.2, 0.25) is 0 Å². The van der Waals surface area contributed by atoms with Gasteiger partial charge < -0.3 is 4.57 Å². The number of thioether (sulfide) groups is 1. The highest BCUT2D eigenvalue weighted by Crippen LogP contribution is 2.49. The Labute approximate surface area is 216 Å². The van der Waals surface area contributed by atoms with Crippen molar-refractivity contribution in [3.05, 3.63) is 133 Å². The smallest absolute Gasteiger partial charge is 0.171 e. The second-order valence-electron chi connectivity index (χ2n) is 8.83. The lowest BCUT2D eigenvalue weighted by atomic mass is 9.94. The van der Waals surface area contributed by atoms with Crippen molar-refractivity contribution >= 4 is 56.4 Å². The molecule has 0 aliphatic rings. The highest BCUT2D eigenvalue weighted by molar-refractivity contribution is 7.98. The Balaban J connectivity index is 1.82. The molecule has 0 spiro atoms. The molecule has 6 aromatic rings. The third-order valence-corrected chi connectivity index (χ3v) is 10.7. The van der Waals surface area contributed by atoms with Gasteiger partial charge in [-0.05, 0) is 39.9 Å². The summed E-state index contributed by atoms with van der Waals surface area (Å²) in [6.07, 6.45) is 2.12. The average molecular weight is 501 g/mol. The van der Waals surface area contributed by atoms with Crippen LogP contribution < -0.4 is 15.9 Å². The molecular formula is C33H25OPS. The summed E-state index contributed by atoms with van der Waals surface area (Å²) in [4.78, 5) is 1.18. The zero-order chi connectivity index (χ0) is 24.5. The molecule has 3 heteroatoms. The van der Waals surface area contributed by atoms with E-state index in [0.717, 1.165) is 37.8 Å². The van der Waals surface area contributed by atoms with Crippen molar-refractivity contribution < 1.29 is 4.57 Å². The number of fused-ring (bicyclic) bond motifs is 2. The monoisotopic (exact) mass is 500 g/mol. The molecule has 0 radical (unpaired) electrons. The first-order valence-corrected chi connectivity index (χ1v) is 14.9. The Bertz CT molecular complexity index is 1700. The zero-order valence-electron chi connectivity index (χ0n) is 20.0. The summed E-state index contributed by atoms with van der Waals surface area (Å²) in [7, 11) is -3.20. The Morgan fingerprint density at radius 2 is 0.972 bits per heavy atom. The molecule has 0 aliphatic heterocycles. The van der Waals surface area contributed by atoms with Gasteiger partial charge in [-0.1, -0.05) is 121 Å². The lowest BCUT2D eigenvalue weighted by Gasteiger charge is -2.25. The third-order valence-electron chi connectivity index (χ3n) is 6.85. The number of benzene rings is 6. The van der Waals surface area contributed by atoms with E-state index in [1.54, 1.807) is 11.8 Å². The van der Waals surface area contributed by atoms with Crippen molar-refractivity contribution in [3.8, 4) is 11.1 Å². The molecule has 0 atom stereocenters. The van der Waals surface area contributed by atoms with Gasteiger partial charge >= 0.3 is 0 Å². The Hall–Kier alpha value is -3.58. The first kappa shape index (κ1) is 22.9. The molecule has 0 N–H and O–H groups in total. The van der Waals surface area contributed by atoms with Crippen LogP contribution in [-0.4, -0.2) is 6.26 Å². The van der Waals surface area contributed by atoms with Gasteiger partial charge in [0.1, 0.15) is 0 Å². The molecule has 0 heterocycles. The lowest BCUT2D eigenvalue weighted by Crippen LogP contribution is -2.26. The fourth-order valence-corrected chi connectivity index (χ4v) is 8.66. The lowest BCUT2D eigenvalue weighted by molar-refractivity contribution is 0.592. The summed E-state index contributed by atoms with van der Waals surface area (Å²) in [6, 6.07) is 45.5. The summed E-state index contributed by atoms with van der Waals surface area (Å²) in [6.45, 7) is 0. The van der Waals surface area contributed by atoms with E-state index in [1.165, 1.54) is 15.7 Å². The average Bonchev–Trinajstić information content (AvgIpc) is 2.96. The molecule has 1 nitrogen and oxygen atoms in total. The van der Waals surface area contributed by atoms with E-state index in [1.807, 2.05) is 60.7 Å². The van der Waals surface area contributed by atoms with Crippen LogP contribution >= 0.6 is 18.9 Å². The fraction of sp³-hybridized carbons (Fsp3) is 0.0303. The maximum Gasteiger partial charge on any atom is 0.171 e. The van der Waals surface area contributed by atoms with Gasteiger partial charge in [-0.15, -0.1) is 11.8 Å². The zero-order valence-corrected chi connectivity index (χ0v) is 21.7. The van der Waals surface area contributed by atoms with E-state index in [9.17, 15) is 0 Å². The molecule has 0 aliphatic carbocycles. The van der Waals surface area contributed by atoms with E-state index >= 15 is 4.57 Å². The molecule has 6 rings (SSSR count). The van der Waals surface area contributed by atoms with Crippen LogP contribution in [0.5, 0.6) is 0 Å². The number of rotatable bonds is 5. The number of hydrogen-bond donors (Lipinski definition) is 0. The van der Waals surface area contributed by atoms with Gasteiger partial charge in [-0.3, -0.25) is 0 Å². The van der Waals surface area contributed by atoms with Crippen LogP contribution in [-0.2, 0) is 4.57 Å². The first-order chi connectivity index (χ1) is 17.7. The van der Waals surface area contributed by atoms with E-state index < -0.39 is 7.14 Å². The molecular weight excluding hydrogens is 475 g/mol. The Morgan fingerprint density at radius 3 is 1.53 bits per heavy atom. The van der Waals surface area contributed by atoms with Crippen LogP contribution in [0.4, 0.5) is 0 Å². The van der Waals surface area contributed by atoms with Gasteiger partial charge in [0, 0.05) is 31.9 Å². The predicted octanol–water partition coefficient (Wildman–Crippen LogP) is 8.02. The van der Waals surface area contributed by atoms with Gasteiger partial charge in [0.25, 0.3) is 0 Å². The second kappa shape index (κ2) is 9.47. The largest absolute Gasteiger partial charge is 0.309 e. The molecule has 0 saturated heterocycles. The van der Waals surface area contributed by atoms with Crippen molar-refractivity contribution in [1.29, 1.82) is 0 Å². The molecule has 0 saturated carbocycles. The summed E-state index contributed by atoms with van der Waals surface area (Å²) >= 11 is 1.73. The fourth-order valence-electron chi connectivity index (χ4n) is 5.17. The summed E-state index contributed by atoms with van der Waals surface area (Å²) < 4.78 is 15.6. The summed E-state index contributed by atoms with van der Waals surface area (Å²) in [5, 5.41) is 7.19. The first-order valence-electron chi connectivity index (χ1n) is 12.0. The molecule has 0 bridgehead atoms. The molecule has 6 aromatic carbocycles. The minimum absolute atomic E-state index is 0.846. The van der Waals surface area contributed by atoms with Gasteiger partial charge in [0.15, 0.2) is 7.14 Å². The van der Waals surface area contributed by atoms with Crippen LogP contribution in [0.25, 0.3) is 32.7 Å². The topological polar surface area (TPSA) is 17.1 Å².